The average Bonchev–Trinajstić information content (AvgIpc) is 3.23. The van der Waals surface area contributed by atoms with E-state index in [1.165, 1.54) is 12.8 Å². The van der Waals surface area contributed by atoms with Gasteiger partial charge < -0.3 is 19.4 Å². The Morgan fingerprint density at radius 2 is 2.08 bits per heavy atom. The summed E-state index contributed by atoms with van der Waals surface area (Å²) < 4.78 is 11.1. The van der Waals surface area contributed by atoms with Gasteiger partial charge in [-0.1, -0.05) is 0 Å². The van der Waals surface area contributed by atoms with E-state index < -0.39 is 0 Å². The highest BCUT2D eigenvalue weighted by Gasteiger charge is 2.31. The van der Waals surface area contributed by atoms with E-state index in [1.54, 1.807) is 0 Å². The van der Waals surface area contributed by atoms with Crippen LogP contribution in [0, 0.1) is 5.92 Å². The minimum absolute atomic E-state index is 0. The maximum absolute atomic E-state index is 12.7. The highest BCUT2D eigenvalue weighted by molar-refractivity contribution is 5.93. The molecule has 0 aliphatic carbocycles. The molecule has 1 aromatic rings. The maximum Gasteiger partial charge on any atom is 0.276 e. The number of piperidine rings is 1. The molecule has 1 atom stereocenters. The van der Waals surface area contributed by atoms with Crippen molar-refractivity contribution in [2.75, 3.05) is 33.3 Å². The van der Waals surface area contributed by atoms with Gasteiger partial charge in [0.2, 0.25) is 0 Å². The van der Waals surface area contributed by atoms with Gasteiger partial charge in [0.15, 0.2) is 17.8 Å². The van der Waals surface area contributed by atoms with Gasteiger partial charge in [-0.15, -0.1) is 24.8 Å². The van der Waals surface area contributed by atoms with E-state index in [-0.39, 0.29) is 36.8 Å². The number of ether oxygens (including phenoxy) is 1. The number of amides is 1. The molecule has 2 aliphatic rings. The van der Waals surface area contributed by atoms with Crippen molar-refractivity contribution >= 4 is 30.7 Å². The molecule has 2 saturated heterocycles. The summed E-state index contributed by atoms with van der Waals surface area (Å²) in [5, 5.41) is 3.19. The average molecular weight is 380 g/mol. The Balaban J connectivity index is 0.00000144. The molecule has 1 amide bonds. The molecule has 1 aromatic heterocycles. The summed E-state index contributed by atoms with van der Waals surface area (Å²) in [5.41, 5.74) is 0.445. The SMILES string of the molecule is CNCCC1CCN(C(=O)c2ncoc2C2CCCO2)CC1.Cl.Cl. The molecule has 1 unspecified atom stereocenters. The van der Waals surface area contributed by atoms with Gasteiger partial charge in [-0.2, -0.15) is 0 Å². The fourth-order valence-corrected chi connectivity index (χ4v) is 3.35. The Bertz CT molecular complexity index is 499. The number of oxazole rings is 1. The van der Waals surface area contributed by atoms with E-state index in [4.69, 9.17) is 9.15 Å². The number of rotatable bonds is 5. The number of halogens is 2. The van der Waals surface area contributed by atoms with Crippen molar-refractivity contribution in [3.63, 3.8) is 0 Å². The zero-order valence-electron chi connectivity index (χ0n) is 14.0. The summed E-state index contributed by atoms with van der Waals surface area (Å²) in [6.07, 6.45) is 6.50. The predicted octanol–water partition coefficient (Wildman–Crippen LogP) is 2.83. The summed E-state index contributed by atoms with van der Waals surface area (Å²) in [7, 11) is 1.98. The molecule has 8 heteroatoms. The standard InChI is InChI=1S/C16H25N3O3.2ClH/c1-17-7-4-12-5-8-19(9-6-12)16(20)14-15(22-11-18-14)13-3-2-10-21-13;;/h11-13,17H,2-10H2,1H3;2*1H. The zero-order valence-corrected chi connectivity index (χ0v) is 15.7. The smallest absolute Gasteiger partial charge is 0.276 e. The van der Waals surface area contributed by atoms with Crippen LogP contribution in [-0.4, -0.2) is 49.1 Å². The second-order valence-electron chi connectivity index (χ2n) is 6.19. The molecule has 138 valence electrons. The van der Waals surface area contributed by atoms with Crippen LogP contribution < -0.4 is 5.32 Å². The lowest BCUT2D eigenvalue weighted by molar-refractivity contribution is 0.0653. The third-order valence-electron chi connectivity index (χ3n) is 4.72. The fourth-order valence-electron chi connectivity index (χ4n) is 3.35. The van der Waals surface area contributed by atoms with Gasteiger partial charge in [-0.3, -0.25) is 4.79 Å². The van der Waals surface area contributed by atoms with Crippen LogP contribution in [0.5, 0.6) is 0 Å². The van der Waals surface area contributed by atoms with Crippen LogP contribution in [-0.2, 0) is 4.74 Å². The summed E-state index contributed by atoms with van der Waals surface area (Å²) in [5.74, 6) is 1.32. The highest BCUT2D eigenvalue weighted by Crippen LogP contribution is 2.31. The van der Waals surface area contributed by atoms with Crippen LogP contribution >= 0.6 is 24.8 Å². The Hall–Kier alpha value is -0.820. The molecule has 0 radical (unpaired) electrons. The lowest BCUT2D eigenvalue weighted by atomic mass is 9.93. The van der Waals surface area contributed by atoms with Gasteiger partial charge in [0.25, 0.3) is 5.91 Å². The number of likely N-dealkylation sites (tertiary alicyclic amines) is 1. The van der Waals surface area contributed by atoms with Crippen LogP contribution in [0.2, 0.25) is 0 Å². The number of hydrogen-bond donors (Lipinski definition) is 1. The molecule has 1 N–H and O–H groups in total. The van der Waals surface area contributed by atoms with Gasteiger partial charge in [0, 0.05) is 19.7 Å². The number of hydrogen-bond acceptors (Lipinski definition) is 5. The van der Waals surface area contributed by atoms with Crippen LogP contribution in [0.25, 0.3) is 0 Å². The Morgan fingerprint density at radius 3 is 2.71 bits per heavy atom. The van der Waals surface area contributed by atoms with Crippen LogP contribution in [0.4, 0.5) is 0 Å². The fraction of sp³-hybridized carbons (Fsp3) is 0.750. The first kappa shape index (κ1) is 21.2. The summed E-state index contributed by atoms with van der Waals surface area (Å²) >= 11 is 0. The van der Waals surface area contributed by atoms with Gasteiger partial charge in [0.1, 0.15) is 6.10 Å². The van der Waals surface area contributed by atoms with Gasteiger partial charge >= 0.3 is 0 Å². The van der Waals surface area contributed by atoms with Crippen molar-refractivity contribution in [2.24, 2.45) is 5.92 Å². The Morgan fingerprint density at radius 1 is 1.33 bits per heavy atom. The first-order chi connectivity index (χ1) is 10.8. The molecule has 24 heavy (non-hydrogen) atoms. The topological polar surface area (TPSA) is 67.6 Å². The maximum atomic E-state index is 12.7. The minimum Gasteiger partial charge on any atom is -0.445 e. The molecule has 6 nitrogen and oxygen atoms in total. The third-order valence-corrected chi connectivity index (χ3v) is 4.72. The van der Waals surface area contributed by atoms with Crippen LogP contribution in [0.15, 0.2) is 10.8 Å². The highest BCUT2D eigenvalue weighted by atomic mass is 35.5. The second-order valence-corrected chi connectivity index (χ2v) is 6.19. The molecule has 0 saturated carbocycles. The molecular weight excluding hydrogens is 353 g/mol. The summed E-state index contributed by atoms with van der Waals surface area (Å²) in [6.45, 7) is 3.40. The molecule has 0 aromatic carbocycles. The number of carbonyl (C=O) groups excluding carboxylic acids is 1. The number of aromatic nitrogens is 1. The Labute approximate surface area is 155 Å². The van der Waals surface area contributed by atoms with Gasteiger partial charge in [0.05, 0.1) is 0 Å². The molecular formula is C16H27Cl2N3O3. The van der Waals surface area contributed by atoms with Gasteiger partial charge in [-0.05, 0) is 51.6 Å². The zero-order chi connectivity index (χ0) is 15.4. The van der Waals surface area contributed by atoms with E-state index in [2.05, 4.69) is 10.3 Å². The van der Waals surface area contributed by atoms with Crippen molar-refractivity contribution in [3.8, 4) is 0 Å². The van der Waals surface area contributed by atoms with E-state index in [0.717, 1.165) is 51.9 Å². The molecule has 2 fully saturated rings. The summed E-state index contributed by atoms with van der Waals surface area (Å²) in [6, 6.07) is 0. The first-order valence-corrected chi connectivity index (χ1v) is 8.28. The lowest BCUT2D eigenvalue weighted by Gasteiger charge is -2.31. The summed E-state index contributed by atoms with van der Waals surface area (Å²) in [4.78, 5) is 18.8. The van der Waals surface area contributed by atoms with Crippen molar-refractivity contribution in [1.29, 1.82) is 0 Å². The van der Waals surface area contributed by atoms with E-state index in [1.807, 2.05) is 11.9 Å². The van der Waals surface area contributed by atoms with Crippen LogP contribution in [0.1, 0.15) is 54.5 Å². The molecule has 2 aliphatic heterocycles. The normalized spacial score (nSPS) is 21.2. The van der Waals surface area contributed by atoms with Gasteiger partial charge in [-0.25, -0.2) is 4.98 Å². The lowest BCUT2D eigenvalue weighted by Crippen LogP contribution is -2.39. The van der Waals surface area contributed by atoms with Crippen molar-refractivity contribution in [2.45, 2.75) is 38.2 Å². The molecule has 3 heterocycles. The number of nitrogens with zero attached hydrogens (tertiary/aromatic N) is 2. The number of carbonyl (C=O) groups is 1. The third kappa shape index (κ3) is 4.85. The Kier molecular flexibility index (Phi) is 9.05. The quantitative estimate of drug-likeness (QED) is 0.851. The molecule has 3 rings (SSSR count). The van der Waals surface area contributed by atoms with E-state index in [0.29, 0.717) is 17.4 Å². The largest absolute Gasteiger partial charge is 0.445 e. The van der Waals surface area contributed by atoms with E-state index in [9.17, 15) is 4.79 Å². The second kappa shape index (κ2) is 10.2. The van der Waals surface area contributed by atoms with E-state index >= 15 is 0 Å². The molecule has 0 bridgehead atoms. The monoisotopic (exact) mass is 379 g/mol. The van der Waals surface area contributed by atoms with Crippen molar-refractivity contribution in [1.82, 2.24) is 15.2 Å². The number of nitrogens with one attached hydrogen (secondary N) is 1. The molecule has 0 spiro atoms. The van der Waals surface area contributed by atoms with Crippen molar-refractivity contribution < 1.29 is 13.9 Å². The minimum atomic E-state index is -0.102. The van der Waals surface area contributed by atoms with Crippen LogP contribution in [0.3, 0.4) is 0 Å². The first-order valence-electron chi connectivity index (χ1n) is 8.28. The van der Waals surface area contributed by atoms with Crippen molar-refractivity contribution in [3.05, 3.63) is 17.8 Å². The predicted molar refractivity (Wildman–Crippen MR) is 96.1 cm³/mol.